The maximum Gasteiger partial charge on any atom is 0.260 e. The van der Waals surface area contributed by atoms with Crippen molar-refractivity contribution >= 4 is 5.91 Å². The second-order valence-corrected chi connectivity index (χ2v) is 8.36. The summed E-state index contributed by atoms with van der Waals surface area (Å²) in [5.74, 6) is 1.48. The van der Waals surface area contributed by atoms with Gasteiger partial charge < -0.3 is 19.1 Å². The molecule has 2 saturated heterocycles. The van der Waals surface area contributed by atoms with Crippen molar-refractivity contribution in [2.24, 2.45) is 0 Å². The van der Waals surface area contributed by atoms with E-state index in [-0.39, 0.29) is 24.4 Å². The first-order valence-corrected chi connectivity index (χ1v) is 11.3. The molecule has 1 amide bonds. The smallest absolute Gasteiger partial charge is 0.260 e. The van der Waals surface area contributed by atoms with Crippen LogP contribution in [0.4, 0.5) is 4.39 Å². The Labute approximate surface area is 188 Å². The first-order valence-electron chi connectivity index (χ1n) is 11.3. The minimum absolute atomic E-state index is 0.0243. The van der Waals surface area contributed by atoms with Gasteiger partial charge in [0.15, 0.2) is 18.2 Å². The van der Waals surface area contributed by atoms with Crippen molar-refractivity contribution in [3.05, 3.63) is 54.3 Å². The number of hydrogen-bond donors (Lipinski definition) is 0. The first kappa shape index (κ1) is 22.4. The lowest BCUT2D eigenvalue weighted by molar-refractivity contribution is -0.135. The normalized spacial score (nSPS) is 18.4. The minimum atomic E-state index is -0.303. The lowest BCUT2D eigenvalue weighted by Gasteiger charge is -2.41. The Morgan fingerprint density at radius 1 is 0.938 bits per heavy atom. The van der Waals surface area contributed by atoms with Gasteiger partial charge in [-0.1, -0.05) is 12.1 Å². The third-order valence-electron chi connectivity index (χ3n) is 6.36. The fourth-order valence-corrected chi connectivity index (χ4v) is 4.47. The topological polar surface area (TPSA) is 51.2 Å². The van der Waals surface area contributed by atoms with Crippen molar-refractivity contribution in [1.82, 2.24) is 9.80 Å². The SMILES string of the molecule is COc1ccc(OCC(=O)N2CCC(N3CCC(Oc4ccccc4F)CC3)CC2)cc1. The molecule has 2 aliphatic rings. The van der Waals surface area contributed by atoms with Crippen molar-refractivity contribution in [3.63, 3.8) is 0 Å². The molecule has 4 rings (SSSR count). The van der Waals surface area contributed by atoms with Crippen LogP contribution in [0.3, 0.4) is 0 Å². The third kappa shape index (κ3) is 5.71. The molecule has 172 valence electrons. The average molecular weight is 443 g/mol. The van der Waals surface area contributed by atoms with Crippen LogP contribution in [0.5, 0.6) is 17.2 Å². The molecule has 0 aliphatic carbocycles. The molecule has 0 atom stereocenters. The Balaban J connectivity index is 1.17. The molecule has 2 fully saturated rings. The van der Waals surface area contributed by atoms with Crippen LogP contribution in [0.15, 0.2) is 48.5 Å². The van der Waals surface area contributed by atoms with E-state index >= 15 is 0 Å². The summed E-state index contributed by atoms with van der Waals surface area (Å²) in [7, 11) is 1.62. The van der Waals surface area contributed by atoms with Gasteiger partial charge in [-0.3, -0.25) is 9.69 Å². The van der Waals surface area contributed by atoms with E-state index in [1.54, 1.807) is 37.4 Å². The van der Waals surface area contributed by atoms with Gasteiger partial charge in [0.25, 0.3) is 5.91 Å². The van der Waals surface area contributed by atoms with E-state index in [9.17, 15) is 9.18 Å². The Kier molecular flexibility index (Phi) is 7.47. The second-order valence-electron chi connectivity index (χ2n) is 8.36. The van der Waals surface area contributed by atoms with Crippen LogP contribution in [0, 0.1) is 5.82 Å². The summed E-state index contributed by atoms with van der Waals surface area (Å²) in [4.78, 5) is 16.9. The number of amides is 1. The van der Waals surface area contributed by atoms with E-state index in [1.165, 1.54) is 6.07 Å². The predicted molar refractivity (Wildman–Crippen MR) is 120 cm³/mol. The van der Waals surface area contributed by atoms with Gasteiger partial charge in [0, 0.05) is 32.2 Å². The summed E-state index contributed by atoms with van der Waals surface area (Å²) in [6.07, 6.45) is 3.77. The van der Waals surface area contributed by atoms with Crippen molar-refractivity contribution in [3.8, 4) is 17.2 Å². The molecule has 0 saturated carbocycles. The second kappa shape index (κ2) is 10.7. The fraction of sp³-hybridized carbons (Fsp3) is 0.480. The number of carbonyl (C=O) groups excluding carboxylic acids is 1. The highest BCUT2D eigenvalue weighted by Gasteiger charge is 2.30. The Morgan fingerprint density at radius 3 is 2.25 bits per heavy atom. The summed E-state index contributed by atoms with van der Waals surface area (Å²) >= 11 is 0. The Morgan fingerprint density at radius 2 is 1.59 bits per heavy atom. The number of rotatable bonds is 7. The molecule has 6 nitrogen and oxygen atoms in total. The van der Waals surface area contributed by atoms with Crippen LogP contribution in [0.2, 0.25) is 0 Å². The molecule has 0 aromatic heterocycles. The summed E-state index contributed by atoms with van der Waals surface area (Å²) in [5, 5.41) is 0. The molecular weight excluding hydrogens is 411 g/mol. The molecular formula is C25H31FN2O4. The van der Waals surface area contributed by atoms with E-state index in [0.29, 0.717) is 17.5 Å². The summed E-state index contributed by atoms with van der Waals surface area (Å²) < 4.78 is 30.5. The molecule has 0 bridgehead atoms. The van der Waals surface area contributed by atoms with Crippen LogP contribution in [-0.4, -0.2) is 67.7 Å². The average Bonchev–Trinajstić information content (AvgIpc) is 2.85. The quantitative estimate of drug-likeness (QED) is 0.654. The van der Waals surface area contributed by atoms with E-state index in [2.05, 4.69) is 4.90 Å². The lowest BCUT2D eigenvalue weighted by Crippen LogP contribution is -2.50. The zero-order chi connectivity index (χ0) is 22.3. The van der Waals surface area contributed by atoms with Crippen molar-refractivity contribution in [2.75, 3.05) is 39.9 Å². The Bertz CT molecular complexity index is 876. The summed E-state index contributed by atoms with van der Waals surface area (Å²) in [6.45, 7) is 3.44. The monoisotopic (exact) mass is 442 g/mol. The molecule has 0 radical (unpaired) electrons. The van der Waals surface area contributed by atoms with E-state index < -0.39 is 0 Å². The number of benzene rings is 2. The van der Waals surface area contributed by atoms with Gasteiger partial charge in [-0.2, -0.15) is 0 Å². The highest BCUT2D eigenvalue weighted by Crippen LogP contribution is 2.25. The Hall–Kier alpha value is -2.80. The maximum absolute atomic E-state index is 13.8. The van der Waals surface area contributed by atoms with Crippen molar-refractivity contribution in [2.45, 2.75) is 37.8 Å². The largest absolute Gasteiger partial charge is 0.497 e. The summed E-state index contributed by atoms with van der Waals surface area (Å²) in [6, 6.07) is 14.3. The number of carbonyl (C=O) groups is 1. The fourth-order valence-electron chi connectivity index (χ4n) is 4.47. The van der Waals surface area contributed by atoms with Crippen LogP contribution in [0.25, 0.3) is 0 Å². The van der Waals surface area contributed by atoms with E-state index in [4.69, 9.17) is 14.2 Å². The van der Waals surface area contributed by atoms with Gasteiger partial charge in [-0.05, 0) is 62.1 Å². The van der Waals surface area contributed by atoms with Gasteiger partial charge in [0.05, 0.1) is 7.11 Å². The number of halogens is 1. The van der Waals surface area contributed by atoms with Gasteiger partial charge in [-0.25, -0.2) is 4.39 Å². The number of ether oxygens (including phenoxy) is 3. The zero-order valence-corrected chi connectivity index (χ0v) is 18.5. The molecule has 32 heavy (non-hydrogen) atoms. The van der Waals surface area contributed by atoms with Gasteiger partial charge in [0.2, 0.25) is 0 Å². The molecule has 2 aromatic carbocycles. The number of hydrogen-bond acceptors (Lipinski definition) is 5. The van der Waals surface area contributed by atoms with E-state index in [1.807, 2.05) is 17.0 Å². The van der Waals surface area contributed by atoms with Crippen LogP contribution < -0.4 is 14.2 Å². The molecule has 2 aliphatic heterocycles. The van der Waals surface area contributed by atoms with Crippen LogP contribution in [0.1, 0.15) is 25.7 Å². The van der Waals surface area contributed by atoms with Gasteiger partial charge in [0.1, 0.15) is 17.6 Å². The highest BCUT2D eigenvalue weighted by molar-refractivity contribution is 5.77. The predicted octanol–water partition coefficient (Wildman–Crippen LogP) is 3.75. The number of para-hydroxylation sites is 1. The molecule has 7 heteroatoms. The third-order valence-corrected chi connectivity index (χ3v) is 6.36. The van der Waals surface area contributed by atoms with Gasteiger partial charge in [-0.15, -0.1) is 0 Å². The number of nitrogens with zero attached hydrogens (tertiary/aromatic N) is 2. The zero-order valence-electron chi connectivity index (χ0n) is 18.5. The van der Waals surface area contributed by atoms with Crippen molar-refractivity contribution in [1.29, 1.82) is 0 Å². The molecule has 2 aromatic rings. The van der Waals surface area contributed by atoms with Gasteiger partial charge >= 0.3 is 0 Å². The standard InChI is InChI=1S/C25H31FN2O4/c1-30-20-6-8-21(9-7-20)31-18-25(29)28-14-10-19(11-15-28)27-16-12-22(13-17-27)32-24-5-3-2-4-23(24)26/h2-9,19,22H,10-18H2,1H3. The highest BCUT2D eigenvalue weighted by atomic mass is 19.1. The molecule has 0 spiro atoms. The first-order chi connectivity index (χ1) is 15.6. The molecule has 0 unspecified atom stereocenters. The minimum Gasteiger partial charge on any atom is -0.497 e. The van der Waals surface area contributed by atoms with Crippen LogP contribution >= 0.6 is 0 Å². The maximum atomic E-state index is 13.8. The number of piperidine rings is 2. The van der Waals surface area contributed by atoms with Crippen molar-refractivity contribution < 1.29 is 23.4 Å². The number of likely N-dealkylation sites (tertiary alicyclic amines) is 2. The lowest BCUT2D eigenvalue weighted by atomic mass is 9.99. The summed E-state index contributed by atoms with van der Waals surface area (Å²) in [5.41, 5.74) is 0. The molecule has 0 N–H and O–H groups in total. The number of methoxy groups -OCH3 is 1. The van der Waals surface area contributed by atoms with Crippen LogP contribution in [-0.2, 0) is 4.79 Å². The molecule has 2 heterocycles. The van der Waals surface area contributed by atoms with E-state index in [0.717, 1.165) is 57.6 Å².